The molecule has 1 fully saturated rings. The van der Waals surface area contributed by atoms with Crippen LogP contribution in [0.4, 0.5) is 5.69 Å². The zero-order valence-electron chi connectivity index (χ0n) is 12.7. The highest BCUT2D eigenvalue weighted by Crippen LogP contribution is 2.44. The normalized spacial score (nSPS) is 19.9. The molecule has 1 amide bonds. The molecule has 122 valence electrons. The molecular weight excluding hydrogens is 337 g/mol. The number of amides is 1. The van der Waals surface area contributed by atoms with Crippen LogP contribution in [0.15, 0.2) is 29.3 Å². The van der Waals surface area contributed by atoms with Crippen LogP contribution in [0.25, 0.3) is 0 Å². The van der Waals surface area contributed by atoms with Gasteiger partial charge in [-0.3, -0.25) is 4.79 Å². The molecule has 1 aliphatic heterocycles. The van der Waals surface area contributed by atoms with Crippen molar-refractivity contribution in [2.75, 3.05) is 5.32 Å². The lowest BCUT2D eigenvalue weighted by atomic mass is 9.78. The fourth-order valence-electron chi connectivity index (χ4n) is 3.37. The Morgan fingerprint density at radius 1 is 1.17 bits per heavy atom. The van der Waals surface area contributed by atoms with Crippen LogP contribution in [0.5, 0.6) is 0 Å². The summed E-state index contributed by atoms with van der Waals surface area (Å²) in [4.78, 5) is 24.8. The number of nitrogens with one attached hydrogen (secondary N) is 1. The predicted octanol–water partition coefficient (Wildman–Crippen LogP) is 4.51. The summed E-state index contributed by atoms with van der Waals surface area (Å²) in [5, 5.41) is 3.58. The van der Waals surface area contributed by atoms with Crippen molar-refractivity contribution in [2.24, 2.45) is 0 Å². The monoisotopic (exact) mass is 353 g/mol. The van der Waals surface area contributed by atoms with Crippen LogP contribution in [-0.4, -0.2) is 17.5 Å². The van der Waals surface area contributed by atoms with Gasteiger partial charge in [0.05, 0.1) is 15.6 Å². The molecule has 1 aliphatic carbocycles. The number of benzene rings is 1. The Morgan fingerprint density at radius 3 is 2.52 bits per heavy atom. The molecular formula is C17H17Cl2NO3. The van der Waals surface area contributed by atoms with Gasteiger partial charge in [0, 0.05) is 11.3 Å². The van der Waals surface area contributed by atoms with E-state index in [0.717, 1.165) is 19.3 Å². The number of rotatable bonds is 2. The van der Waals surface area contributed by atoms with Gasteiger partial charge in [-0.25, -0.2) is 4.79 Å². The maximum atomic E-state index is 12.8. The first-order chi connectivity index (χ1) is 10.9. The molecule has 0 aromatic heterocycles. The number of carbonyl (C=O) groups is 2. The number of halogens is 2. The van der Waals surface area contributed by atoms with E-state index in [1.165, 1.54) is 0 Å². The topological polar surface area (TPSA) is 55.4 Å². The number of hydrogen-bond donors (Lipinski definition) is 1. The zero-order valence-corrected chi connectivity index (χ0v) is 14.3. The first kappa shape index (κ1) is 16.3. The molecule has 1 N–H and O–H groups in total. The van der Waals surface area contributed by atoms with Gasteiger partial charge in [0.25, 0.3) is 5.91 Å². The lowest BCUT2D eigenvalue weighted by molar-refractivity contribution is -0.149. The van der Waals surface area contributed by atoms with E-state index in [4.69, 9.17) is 27.9 Å². The summed E-state index contributed by atoms with van der Waals surface area (Å²) in [6.45, 7) is 1.65. The molecule has 1 spiro atoms. The summed E-state index contributed by atoms with van der Waals surface area (Å²) in [6, 6.07) is 4.88. The lowest BCUT2D eigenvalue weighted by Crippen LogP contribution is -2.39. The third-order valence-corrected chi connectivity index (χ3v) is 5.23. The van der Waals surface area contributed by atoms with E-state index in [1.807, 2.05) is 0 Å². The number of esters is 1. The van der Waals surface area contributed by atoms with Crippen molar-refractivity contribution >= 4 is 40.8 Å². The Balaban J connectivity index is 1.89. The van der Waals surface area contributed by atoms with E-state index in [1.54, 1.807) is 25.1 Å². The molecule has 0 bridgehead atoms. The molecule has 0 unspecified atom stereocenters. The number of hydrogen-bond acceptors (Lipinski definition) is 3. The van der Waals surface area contributed by atoms with E-state index in [0.29, 0.717) is 39.7 Å². The van der Waals surface area contributed by atoms with Gasteiger partial charge in [-0.15, -0.1) is 0 Å². The lowest BCUT2D eigenvalue weighted by Gasteiger charge is -2.34. The largest absolute Gasteiger partial charge is 0.451 e. The van der Waals surface area contributed by atoms with Crippen molar-refractivity contribution in [3.05, 3.63) is 39.4 Å². The van der Waals surface area contributed by atoms with E-state index >= 15 is 0 Å². The summed E-state index contributed by atoms with van der Waals surface area (Å²) >= 11 is 11.9. The smallest absolute Gasteiger partial charge is 0.335 e. The van der Waals surface area contributed by atoms with Gasteiger partial charge in [0.2, 0.25) is 0 Å². The van der Waals surface area contributed by atoms with Crippen LogP contribution in [0.2, 0.25) is 10.0 Å². The Bertz CT molecular complexity index is 706. The molecule has 0 radical (unpaired) electrons. The van der Waals surface area contributed by atoms with E-state index in [9.17, 15) is 9.59 Å². The van der Waals surface area contributed by atoms with E-state index in [2.05, 4.69) is 5.32 Å². The van der Waals surface area contributed by atoms with Gasteiger partial charge < -0.3 is 10.1 Å². The quantitative estimate of drug-likeness (QED) is 0.795. The fourth-order valence-corrected chi connectivity index (χ4v) is 3.67. The average Bonchev–Trinajstić information content (AvgIpc) is 2.74. The molecule has 1 aromatic rings. The number of anilines is 1. The number of carbonyl (C=O) groups excluding carboxylic acids is 2. The third kappa shape index (κ3) is 2.98. The molecule has 4 nitrogen and oxygen atoms in total. The maximum absolute atomic E-state index is 12.8. The molecule has 1 aromatic carbocycles. The van der Waals surface area contributed by atoms with Crippen molar-refractivity contribution in [3.63, 3.8) is 0 Å². The SMILES string of the molecule is CC1=C(C(=O)Nc2ccc(Cl)c(Cl)c2)C2(CCCCC2)OC1=O. The molecule has 1 saturated carbocycles. The Hall–Kier alpha value is -1.52. The molecule has 1 heterocycles. The summed E-state index contributed by atoms with van der Waals surface area (Å²) in [5.74, 6) is -0.708. The van der Waals surface area contributed by atoms with Gasteiger partial charge >= 0.3 is 5.97 Å². The molecule has 23 heavy (non-hydrogen) atoms. The Morgan fingerprint density at radius 2 is 1.87 bits per heavy atom. The van der Waals surface area contributed by atoms with E-state index < -0.39 is 11.6 Å². The summed E-state index contributed by atoms with van der Waals surface area (Å²) < 4.78 is 5.60. The fraction of sp³-hybridized carbons (Fsp3) is 0.412. The minimum absolute atomic E-state index is 0.311. The molecule has 0 atom stereocenters. The number of ether oxygens (including phenoxy) is 1. The first-order valence-corrected chi connectivity index (χ1v) is 8.40. The third-order valence-electron chi connectivity index (χ3n) is 4.49. The Labute approximate surface area is 144 Å². The second-order valence-electron chi connectivity index (χ2n) is 6.03. The minimum Gasteiger partial charge on any atom is -0.451 e. The van der Waals surface area contributed by atoms with Gasteiger partial charge in [0.15, 0.2) is 0 Å². The van der Waals surface area contributed by atoms with Crippen molar-refractivity contribution in [1.29, 1.82) is 0 Å². The van der Waals surface area contributed by atoms with Gasteiger partial charge in [0.1, 0.15) is 5.60 Å². The predicted molar refractivity (Wildman–Crippen MR) is 89.7 cm³/mol. The second-order valence-corrected chi connectivity index (χ2v) is 6.84. The summed E-state index contributed by atoms with van der Waals surface area (Å²) in [5.41, 5.74) is 0.618. The van der Waals surface area contributed by atoms with Crippen LogP contribution in [0, 0.1) is 0 Å². The van der Waals surface area contributed by atoms with Crippen molar-refractivity contribution in [2.45, 2.75) is 44.6 Å². The minimum atomic E-state index is -0.764. The zero-order chi connectivity index (χ0) is 16.6. The second kappa shape index (κ2) is 6.17. The average molecular weight is 354 g/mol. The van der Waals surface area contributed by atoms with Gasteiger partial charge in [-0.2, -0.15) is 0 Å². The standard InChI is InChI=1S/C17H17Cl2NO3/c1-10-14(17(23-16(10)22)7-3-2-4-8-17)15(21)20-11-5-6-12(18)13(19)9-11/h5-6,9H,2-4,7-8H2,1H3,(H,20,21). The van der Waals surface area contributed by atoms with Crippen molar-refractivity contribution < 1.29 is 14.3 Å². The molecule has 2 aliphatic rings. The van der Waals surface area contributed by atoms with E-state index in [-0.39, 0.29) is 5.91 Å². The van der Waals surface area contributed by atoms with Crippen LogP contribution in [0.3, 0.4) is 0 Å². The first-order valence-electron chi connectivity index (χ1n) is 7.64. The van der Waals surface area contributed by atoms with Crippen LogP contribution >= 0.6 is 23.2 Å². The summed E-state index contributed by atoms with van der Waals surface area (Å²) in [6.07, 6.45) is 4.38. The Kier molecular flexibility index (Phi) is 4.39. The van der Waals surface area contributed by atoms with Crippen molar-refractivity contribution in [1.82, 2.24) is 0 Å². The highest BCUT2D eigenvalue weighted by atomic mass is 35.5. The summed E-state index contributed by atoms with van der Waals surface area (Å²) in [7, 11) is 0. The molecule has 0 saturated heterocycles. The molecule has 3 rings (SSSR count). The maximum Gasteiger partial charge on any atom is 0.335 e. The van der Waals surface area contributed by atoms with Gasteiger partial charge in [-0.1, -0.05) is 29.6 Å². The van der Waals surface area contributed by atoms with Gasteiger partial charge in [-0.05, 0) is 50.8 Å². The van der Waals surface area contributed by atoms with Crippen LogP contribution < -0.4 is 5.32 Å². The molecule has 6 heteroatoms. The van der Waals surface area contributed by atoms with Crippen LogP contribution in [-0.2, 0) is 14.3 Å². The highest BCUT2D eigenvalue weighted by Gasteiger charge is 2.49. The highest BCUT2D eigenvalue weighted by molar-refractivity contribution is 6.42. The van der Waals surface area contributed by atoms with Crippen LogP contribution in [0.1, 0.15) is 39.0 Å². The van der Waals surface area contributed by atoms with Crippen molar-refractivity contribution in [3.8, 4) is 0 Å².